The molecule has 3 N–H and O–H groups in total. The summed E-state index contributed by atoms with van der Waals surface area (Å²) in [6, 6.07) is 0. The summed E-state index contributed by atoms with van der Waals surface area (Å²) < 4.78 is 26.3. The van der Waals surface area contributed by atoms with E-state index in [0.29, 0.717) is 32.1 Å². The third-order valence-electron chi connectivity index (χ3n) is 8.28. The Morgan fingerprint density at radius 2 is 1.09 bits per heavy atom. The molecule has 0 spiro atoms. The quantitative estimate of drug-likeness (QED) is 0.0187. The molecule has 0 aliphatic heterocycles. The average molecular weight is 765 g/mol. The van der Waals surface area contributed by atoms with E-state index in [0.717, 1.165) is 38.5 Å². The Labute approximate surface area is 322 Å². The van der Waals surface area contributed by atoms with Crippen LogP contribution in [-0.4, -0.2) is 52.3 Å². The highest BCUT2D eigenvalue weighted by atomic mass is 31.2. The molecule has 0 saturated heterocycles. The summed E-state index contributed by atoms with van der Waals surface area (Å²) in [5.74, 6) is -1.00. The van der Waals surface area contributed by atoms with Crippen LogP contribution in [0.2, 0.25) is 0 Å². The minimum Gasteiger partial charge on any atom is -0.462 e. The van der Waals surface area contributed by atoms with Gasteiger partial charge in [-0.2, -0.15) is 0 Å². The number of unbranched alkanes of at least 4 members (excludes halogenated alkanes) is 14. The monoisotopic (exact) mass is 764 g/mol. The zero-order valence-electron chi connectivity index (χ0n) is 33.0. The van der Waals surface area contributed by atoms with Crippen LogP contribution in [-0.2, 0) is 28.2 Å². The van der Waals surface area contributed by atoms with Gasteiger partial charge in [0.1, 0.15) is 6.61 Å². The number of hydrogen-bond donors (Lipinski definition) is 3. The maximum atomic E-state index is 12.4. The average Bonchev–Trinajstić information content (AvgIpc) is 3.12. The van der Waals surface area contributed by atoms with E-state index in [1.165, 1.54) is 64.2 Å². The molecule has 0 bridgehead atoms. The van der Waals surface area contributed by atoms with Crippen LogP contribution in [0, 0.1) is 0 Å². The van der Waals surface area contributed by atoms with Crippen molar-refractivity contribution in [3.63, 3.8) is 0 Å². The number of esters is 2. The number of phosphoric acid groups is 1. The molecular formula is C43H73O9P. The van der Waals surface area contributed by atoms with E-state index >= 15 is 0 Å². The Hall–Kier alpha value is -2.55. The fourth-order valence-corrected chi connectivity index (χ4v) is 5.54. The highest BCUT2D eigenvalue weighted by molar-refractivity contribution is 7.46. The standard InChI is InChI=1S/C43H73O9P/c1-3-5-7-9-11-12-13-14-15-16-17-18-19-20-24-28-32-36-42(45)50-38-41(39-51-53(47,48)49)52-43(46)37-33-29-25-22-21-23-27-31-35-40(44)34-30-26-10-8-6-4-2/h11-12,14-15,22-23,25-27,30-31,35,40-41,44H,3-10,13,16-21,24,28-29,32-34,36-39H2,1-2H3,(H2,47,48,49)/b12-11-,15-14-,25-22-,27-23-,30-26-,35-31+/t40-,41+/m0/s1. The third-order valence-corrected chi connectivity index (χ3v) is 8.76. The Morgan fingerprint density at radius 3 is 1.70 bits per heavy atom. The number of rotatable bonds is 36. The maximum absolute atomic E-state index is 12.4. The topological polar surface area (TPSA) is 140 Å². The van der Waals surface area contributed by atoms with Crippen molar-refractivity contribution in [1.29, 1.82) is 0 Å². The van der Waals surface area contributed by atoms with Crippen LogP contribution in [0.3, 0.4) is 0 Å². The minimum absolute atomic E-state index is 0.0990. The van der Waals surface area contributed by atoms with E-state index in [1.807, 2.05) is 36.5 Å². The predicted octanol–water partition coefficient (Wildman–Crippen LogP) is 11.3. The van der Waals surface area contributed by atoms with E-state index in [9.17, 15) is 19.3 Å². The van der Waals surface area contributed by atoms with Crippen molar-refractivity contribution in [3.8, 4) is 0 Å². The first-order valence-electron chi connectivity index (χ1n) is 20.3. The van der Waals surface area contributed by atoms with Crippen molar-refractivity contribution in [1.82, 2.24) is 0 Å². The second-order valence-electron chi connectivity index (χ2n) is 13.5. The van der Waals surface area contributed by atoms with E-state index in [4.69, 9.17) is 19.3 Å². The Balaban J connectivity index is 4.13. The van der Waals surface area contributed by atoms with Gasteiger partial charge in [0.25, 0.3) is 0 Å². The number of carbonyl (C=O) groups is 2. The molecule has 0 fully saturated rings. The molecular weight excluding hydrogens is 691 g/mol. The van der Waals surface area contributed by atoms with E-state index < -0.39 is 38.6 Å². The summed E-state index contributed by atoms with van der Waals surface area (Å²) in [5, 5.41) is 9.99. The summed E-state index contributed by atoms with van der Waals surface area (Å²) in [5.41, 5.74) is 0. The number of carbonyl (C=O) groups excluding carboxylic acids is 2. The first kappa shape index (κ1) is 50.5. The molecule has 0 aromatic carbocycles. The van der Waals surface area contributed by atoms with Gasteiger partial charge in [0.15, 0.2) is 6.10 Å². The summed E-state index contributed by atoms with van der Waals surface area (Å²) in [6.45, 7) is 3.49. The minimum atomic E-state index is -4.79. The Bertz CT molecular complexity index is 1100. The van der Waals surface area contributed by atoms with Gasteiger partial charge >= 0.3 is 19.8 Å². The van der Waals surface area contributed by atoms with Gasteiger partial charge in [-0.3, -0.25) is 14.1 Å². The van der Waals surface area contributed by atoms with Crippen LogP contribution in [0.5, 0.6) is 0 Å². The largest absolute Gasteiger partial charge is 0.469 e. The zero-order valence-corrected chi connectivity index (χ0v) is 33.9. The lowest BCUT2D eigenvalue weighted by molar-refractivity contribution is -0.161. The van der Waals surface area contributed by atoms with Crippen molar-refractivity contribution in [2.75, 3.05) is 13.2 Å². The van der Waals surface area contributed by atoms with Gasteiger partial charge in [0.05, 0.1) is 12.7 Å². The van der Waals surface area contributed by atoms with E-state index in [1.54, 1.807) is 6.08 Å². The predicted molar refractivity (Wildman–Crippen MR) is 217 cm³/mol. The molecule has 0 rings (SSSR count). The van der Waals surface area contributed by atoms with Gasteiger partial charge < -0.3 is 24.4 Å². The molecule has 53 heavy (non-hydrogen) atoms. The van der Waals surface area contributed by atoms with Gasteiger partial charge in [-0.25, -0.2) is 4.57 Å². The molecule has 0 aromatic rings. The summed E-state index contributed by atoms with van der Waals surface area (Å²) >= 11 is 0. The van der Waals surface area contributed by atoms with Crippen molar-refractivity contribution < 1.29 is 43.0 Å². The molecule has 0 amide bonds. The van der Waals surface area contributed by atoms with Crippen LogP contribution in [0.1, 0.15) is 162 Å². The zero-order chi connectivity index (χ0) is 39.1. The van der Waals surface area contributed by atoms with Crippen LogP contribution in [0.15, 0.2) is 72.9 Å². The van der Waals surface area contributed by atoms with Crippen LogP contribution >= 0.6 is 7.82 Å². The molecule has 0 unspecified atom stereocenters. The van der Waals surface area contributed by atoms with Crippen molar-refractivity contribution in [2.24, 2.45) is 0 Å². The fourth-order valence-electron chi connectivity index (χ4n) is 5.18. The fraction of sp³-hybridized carbons (Fsp3) is 0.674. The maximum Gasteiger partial charge on any atom is 0.469 e. The first-order chi connectivity index (χ1) is 25.7. The SMILES string of the molecule is CCCCC/C=C\C/C=C\CCCCCCCCCC(=O)OC[C@H](COP(=O)(O)O)OC(=O)CCC/C=C\C/C=C\C=C\[C@@H](O)C/C=C\CCCCC. The van der Waals surface area contributed by atoms with Gasteiger partial charge in [-0.05, 0) is 77.0 Å². The van der Waals surface area contributed by atoms with Crippen LogP contribution in [0.25, 0.3) is 0 Å². The number of aliphatic hydroxyl groups excluding tert-OH is 1. The third kappa shape index (κ3) is 40.5. The summed E-state index contributed by atoms with van der Waals surface area (Å²) in [6.07, 6.45) is 45.1. The van der Waals surface area contributed by atoms with Crippen molar-refractivity contribution in [2.45, 2.75) is 174 Å². The summed E-state index contributed by atoms with van der Waals surface area (Å²) in [4.78, 5) is 42.8. The molecule has 0 heterocycles. The Kier molecular flexibility index (Phi) is 35.9. The van der Waals surface area contributed by atoms with Gasteiger partial charge in [0, 0.05) is 12.8 Å². The second-order valence-corrected chi connectivity index (χ2v) is 14.7. The smallest absolute Gasteiger partial charge is 0.462 e. The summed E-state index contributed by atoms with van der Waals surface area (Å²) in [7, 11) is -4.79. The van der Waals surface area contributed by atoms with Crippen molar-refractivity contribution in [3.05, 3.63) is 72.9 Å². The molecule has 10 heteroatoms. The van der Waals surface area contributed by atoms with E-state index in [2.05, 4.69) is 48.8 Å². The van der Waals surface area contributed by atoms with Gasteiger partial charge in [-0.1, -0.05) is 145 Å². The molecule has 2 atom stereocenters. The Morgan fingerprint density at radius 1 is 0.585 bits per heavy atom. The van der Waals surface area contributed by atoms with E-state index in [-0.39, 0.29) is 19.4 Å². The normalized spacial score (nSPS) is 13.8. The first-order valence-corrected chi connectivity index (χ1v) is 21.9. The molecule has 9 nitrogen and oxygen atoms in total. The number of ether oxygens (including phenoxy) is 2. The highest BCUT2D eigenvalue weighted by Gasteiger charge is 2.22. The molecule has 0 aliphatic carbocycles. The molecule has 304 valence electrons. The lowest BCUT2D eigenvalue weighted by atomic mass is 10.1. The molecule has 0 aliphatic rings. The molecule has 0 aromatic heterocycles. The highest BCUT2D eigenvalue weighted by Crippen LogP contribution is 2.36. The number of aliphatic hydroxyl groups is 1. The van der Waals surface area contributed by atoms with Crippen LogP contribution < -0.4 is 0 Å². The number of allylic oxidation sites excluding steroid dienone is 10. The lowest BCUT2D eigenvalue weighted by Crippen LogP contribution is -2.29. The van der Waals surface area contributed by atoms with Crippen LogP contribution in [0.4, 0.5) is 0 Å². The molecule has 0 radical (unpaired) electrons. The number of hydrogen-bond acceptors (Lipinski definition) is 7. The lowest BCUT2D eigenvalue weighted by Gasteiger charge is -2.18. The number of phosphoric ester groups is 1. The van der Waals surface area contributed by atoms with Crippen molar-refractivity contribution >= 4 is 19.8 Å². The molecule has 0 saturated carbocycles. The van der Waals surface area contributed by atoms with Gasteiger partial charge in [-0.15, -0.1) is 0 Å². The van der Waals surface area contributed by atoms with Gasteiger partial charge in [0.2, 0.25) is 0 Å². The second kappa shape index (κ2) is 37.8.